The molecule has 0 saturated carbocycles. The van der Waals surface area contributed by atoms with Crippen molar-refractivity contribution in [3.8, 4) is 5.69 Å². The fraction of sp³-hybridized carbons (Fsp3) is 0.267. The second-order valence-electron chi connectivity index (χ2n) is 5.05. The molecule has 0 aliphatic carbocycles. The summed E-state index contributed by atoms with van der Waals surface area (Å²) in [5.41, 5.74) is 0.782. The molecule has 21 heavy (non-hydrogen) atoms. The standard InChI is InChI=1S/C15H15ClN2O3/c1-8(2)10-7-18(17-13(14(10)19)15(20)21)12-6-4-5-11(16)9(12)3/h4-8H,1-3H3,(H,20,21). The van der Waals surface area contributed by atoms with E-state index in [1.165, 1.54) is 4.68 Å². The molecule has 1 heterocycles. The highest BCUT2D eigenvalue weighted by Crippen LogP contribution is 2.22. The summed E-state index contributed by atoms with van der Waals surface area (Å²) in [5, 5.41) is 13.7. The number of carboxylic acid groups (broad SMARTS) is 1. The molecule has 1 N–H and O–H groups in total. The Morgan fingerprint density at radius 2 is 2.05 bits per heavy atom. The third-order valence-electron chi connectivity index (χ3n) is 3.26. The van der Waals surface area contributed by atoms with E-state index < -0.39 is 17.1 Å². The van der Waals surface area contributed by atoms with E-state index in [2.05, 4.69) is 5.10 Å². The number of aromatic carboxylic acids is 1. The van der Waals surface area contributed by atoms with Gasteiger partial charge < -0.3 is 5.11 Å². The molecule has 5 nitrogen and oxygen atoms in total. The van der Waals surface area contributed by atoms with Crippen molar-refractivity contribution < 1.29 is 9.90 Å². The van der Waals surface area contributed by atoms with Crippen molar-refractivity contribution in [2.75, 3.05) is 0 Å². The van der Waals surface area contributed by atoms with Gasteiger partial charge in [-0.2, -0.15) is 5.10 Å². The third-order valence-corrected chi connectivity index (χ3v) is 3.67. The number of carboxylic acids is 1. The number of benzene rings is 1. The van der Waals surface area contributed by atoms with Crippen molar-refractivity contribution in [3.05, 3.63) is 56.5 Å². The van der Waals surface area contributed by atoms with E-state index in [0.717, 1.165) is 5.56 Å². The quantitative estimate of drug-likeness (QED) is 0.946. The lowest BCUT2D eigenvalue weighted by Gasteiger charge is -2.13. The maximum absolute atomic E-state index is 12.1. The zero-order chi connectivity index (χ0) is 15.7. The van der Waals surface area contributed by atoms with Crippen LogP contribution < -0.4 is 5.43 Å². The topological polar surface area (TPSA) is 72.2 Å². The van der Waals surface area contributed by atoms with Crippen LogP contribution in [0.25, 0.3) is 5.69 Å². The van der Waals surface area contributed by atoms with Crippen LogP contribution in [0.1, 0.15) is 41.4 Å². The van der Waals surface area contributed by atoms with Gasteiger partial charge in [0.25, 0.3) is 0 Å². The van der Waals surface area contributed by atoms with Gasteiger partial charge in [-0.05, 0) is 30.5 Å². The zero-order valence-corrected chi connectivity index (χ0v) is 12.7. The summed E-state index contributed by atoms with van der Waals surface area (Å²) >= 11 is 6.08. The Balaban J connectivity index is 2.78. The fourth-order valence-corrected chi connectivity index (χ4v) is 2.20. The Kier molecular flexibility index (Phi) is 4.14. The summed E-state index contributed by atoms with van der Waals surface area (Å²) in [6.07, 6.45) is 1.57. The zero-order valence-electron chi connectivity index (χ0n) is 11.9. The van der Waals surface area contributed by atoms with Crippen molar-refractivity contribution in [1.29, 1.82) is 0 Å². The van der Waals surface area contributed by atoms with Crippen LogP contribution in [0.2, 0.25) is 5.02 Å². The van der Waals surface area contributed by atoms with Gasteiger partial charge in [0.1, 0.15) is 0 Å². The number of carbonyl (C=O) groups is 1. The number of hydrogen-bond donors (Lipinski definition) is 1. The van der Waals surface area contributed by atoms with E-state index in [1.54, 1.807) is 24.4 Å². The summed E-state index contributed by atoms with van der Waals surface area (Å²) in [6, 6.07) is 5.26. The molecule has 0 aliphatic rings. The van der Waals surface area contributed by atoms with Gasteiger partial charge in [0.15, 0.2) is 0 Å². The molecule has 1 aromatic carbocycles. The van der Waals surface area contributed by atoms with E-state index in [1.807, 2.05) is 20.8 Å². The van der Waals surface area contributed by atoms with Crippen molar-refractivity contribution in [2.24, 2.45) is 0 Å². The summed E-state index contributed by atoms with van der Waals surface area (Å²) in [5.74, 6) is -1.44. The summed E-state index contributed by atoms with van der Waals surface area (Å²) in [7, 11) is 0. The second-order valence-corrected chi connectivity index (χ2v) is 5.46. The van der Waals surface area contributed by atoms with E-state index in [4.69, 9.17) is 16.7 Å². The molecule has 0 bridgehead atoms. The number of halogens is 1. The van der Waals surface area contributed by atoms with Gasteiger partial charge in [-0.1, -0.05) is 31.5 Å². The fourth-order valence-electron chi connectivity index (χ4n) is 2.03. The number of aromatic nitrogens is 2. The highest BCUT2D eigenvalue weighted by atomic mass is 35.5. The smallest absolute Gasteiger partial charge is 0.360 e. The molecule has 2 aromatic rings. The van der Waals surface area contributed by atoms with Gasteiger partial charge in [0.2, 0.25) is 11.1 Å². The Labute approximate surface area is 126 Å². The van der Waals surface area contributed by atoms with Crippen LogP contribution in [0.15, 0.2) is 29.2 Å². The minimum atomic E-state index is -1.34. The molecule has 2 rings (SSSR count). The van der Waals surface area contributed by atoms with Crippen LogP contribution in [0, 0.1) is 6.92 Å². The normalized spacial score (nSPS) is 10.9. The average molecular weight is 307 g/mol. The van der Waals surface area contributed by atoms with Crippen molar-refractivity contribution in [1.82, 2.24) is 9.78 Å². The first-order valence-corrected chi connectivity index (χ1v) is 6.83. The molecule has 0 fully saturated rings. The summed E-state index contributed by atoms with van der Waals surface area (Å²) in [6.45, 7) is 5.47. The molecular weight excluding hydrogens is 292 g/mol. The summed E-state index contributed by atoms with van der Waals surface area (Å²) < 4.78 is 1.40. The highest BCUT2D eigenvalue weighted by molar-refractivity contribution is 6.31. The second kappa shape index (κ2) is 5.69. The van der Waals surface area contributed by atoms with Crippen molar-refractivity contribution in [3.63, 3.8) is 0 Å². The molecular formula is C15H15ClN2O3. The van der Waals surface area contributed by atoms with Gasteiger partial charge >= 0.3 is 5.97 Å². The minimum absolute atomic E-state index is 0.107. The first kappa shape index (κ1) is 15.3. The summed E-state index contributed by atoms with van der Waals surface area (Å²) in [4.78, 5) is 23.3. The molecule has 110 valence electrons. The Morgan fingerprint density at radius 1 is 1.38 bits per heavy atom. The maximum Gasteiger partial charge on any atom is 0.360 e. The van der Waals surface area contributed by atoms with Gasteiger partial charge in [-0.15, -0.1) is 0 Å². The van der Waals surface area contributed by atoms with Crippen LogP contribution in [-0.2, 0) is 0 Å². The number of nitrogens with zero attached hydrogens (tertiary/aromatic N) is 2. The maximum atomic E-state index is 12.1. The van der Waals surface area contributed by atoms with Crippen LogP contribution in [0.3, 0.4) is 0 Å². The molecule has 0 radical (unpaired) electrons. The number of hydrogen-bond acceptors (Lipinski definition) is 3. The van der Waals surface area contributed by atoms with E-state index in [0.29, 0.717) is 16.3 Å². The molecule has 0 spiro atoms. The Morgan fingerprint density at radius 3 is 2.62 bits per heavy atom. The Bertz CT molecular complexity index is 766. The SMILES string of the molecule is Cc1c(Cl)cccc1-n1cc(C(C)C)c(=O)c(C(=O)O)n1. The van der Waals surface area contributed by atoms with Gasteiger partial charge in [-0.25, -0.2) is 9.48 Å². The largest absolute Gasteiger partial charge is 0.476 e. The van der Waals surface area contributed by atoms with Crippen molar-refractivity contribution >= 4 is 17.6 Å². The Hall–Kier alpha value is -2.14. The van der Waals surface area contributed by atoms with Crippen LogP contribution in [-0.4, -0.2) is 20.9 Å². The third kappa shape index (κ3) is 2.83. The predicted octanol–water partition coefficient (Wildman–Crippen LogP) is 3.02. The van der Waals surface area contributed by atoms with Crippen LogP contribution in [0.4, 0.5) is 0 Å². The lowest BCUT2D eigenvalue weighted by atomic mass is 10.0. The predicted molar refractivity (Wildman–Crippen MR) is 80.6 cm³/mol. The monoisotopic (exact) mass is 306 g/mol. The van der Waals surface area contributed by atoms with E-state index in [9.17, 15) is 9.59 Å². The van der Waals surface area contributed by atoms with Gasteiger partial charge in [-0.3, -0.25) is 4.79 Å². The minimum Gasteiger partial charge on any atom is -0.476 e. The first-order chi connectivity index (χ1) is 9.82. The highest BCUT2D eigenvalue weighted by Gasteiger charge is 2.18. The van der Waals surface area contributed by atoms with Gasteiger partial charge in [0, 0.05) is 16.8 Å². The molecule has 0 aliphatic heterocycles. The number of rotatable bonds is 3. The van der Waals surface area contributed by atoms with E-state index in [-0.39, 0.29) is 5.92 Å². The lowest BCUT2D eigenvalue weighted by Crippen LogP contribution is -2.25. The molecule has 0 unspecified atom stereocenters. The molecule has 0 atom stereocenters. The first-order valence-electron chi connectivity index (χ1n) is 6.45. The van der Waals surface area contributed by atoms with Crippen LogP contribution >= 0.6 is 11.6 Å². The molecule has 0 saturated heterocycles. The molecule has 1 aromatic heterocycles. The van der Waals surface area contributed by atoms with E-state index >= 15 is 0 Å². The lowest BCUT2D eigenvalue weighted by molar-refractivity contribution is 0.0686. The van der Waals surface area contributed by atoms with Crippen molar-refractivity contribution in [2.45, 2.75) is 26.7 Å². The molecule has 6 heteroatoms. The van der Waals surface area contributed by atoms with Crippen LogP contribution in [0.5, 0.6) is 0 Å². The average Bonchev–Trinajstić information content (AvgIpc) is 2.41. The van der Waals surface area contributed by atoms with Gasteiger partial charge in [0.05, 0.1) is 5.69 Å². The molecule has 0 amide bonds.